The molecule has 1 heterocycles. The molecule has 29 heavy (non-hydrogen) atoms. The number of alkyl halides is 4. The molecular formula is C20H20ClF5N2S. The maximum atomic E-state index is 13.5. The third-order valence-corrected chi connectivity index (χ3v) is 4.40. The Kier molecular flexibility index (Phi) is 10.0. The van der Waals surface area contributed by atoms with Crippen LogP contribution >= 0.6 is 23.5 Å². The molecule has 3 aromatic rings. The molecule has 158 valence electrons. The first-order valence-corrected chi connectivity index (χ1v) is 9.64. The van der Waals surface area contributed by atoms with Gasteiger partial charge in [0.1, 0.15) is 5.82 Å². The molecule has 0 aliphatic carbocycles. The molecule has 0 atom stereocenters. The van der Waals surface area contributed by atoms with Crippen molar-refractivity contribution >= 4 is 29.2 Å². The molecule has 2 nitrogen and oxygen atoms in total. The fourth-order valence-electron chi connectivity index (χ4n) is 2.18. The lowest BCUT2D eigenvalue weighted by molar-refractivity contribution is -0.139. The van der Waals surface area contributed by atoms with Gasteiger partial charge in [-0.3, -0.25) is 4.39 Å². The van der Waals surface area contributed by atoms with Crippen molar-refractivity contribution in [3.8, 4) is 11.3 Å². The van der Waals surface area contributed by atoms with E-state index in [1.165, 1.54) is 6.07 Å². The number of benzene rings is 2. The van der Waals surface area contributed by atoms with E-state index in [0.29, 0.717) is 18.3 Å². The van der Waals surface area contributed by atoms with Crippen molar-refractivity contribution in [2.75, 3.05) is 11.9 Å². The van der Waals surface area contributed by atoms with E-state index in [4.69, 9.17) is 11.6 Å². The smallest absolute Gasteiger partial charge is 0.360 e. The van der Waals surface area contributed by atoms with Gasteiger partial charge in [-0.2, -0.15) is 13.2 Å². The fraction of sp³-hybridized carbons (Fsp3) is 0.200. The minimum Gasteiger partial charge on any atom is -0.360 e. The summed E-state index contributed by atoms with van der Waals surface area (Å²) in [6.45, 7) is 4.00. The van der Waals surface area contributed by atoms with Crippen LogP contribution in [0.4, 0.5) is 27.6 Å². The van der Waals surface area contributed by atoms with Crippen molar-refractivity contribution in [2.24, 2.45) is 0 Å². The van der Waals surface area contributed by atoms with Crippen LogP contribution in [0.25, 0.3) is 11.3 Å². The second-order valence-corrected chi connectivity index (χ2v) is 6.47. The summed E-state index contributed by atoms with van der Waals surface area (Å²) in [6, 6.07) is 11.9. The van der Waals surface area contributed by atoms with Crippen LogP contribution in [0.1, 0.15) is 19.4 Å². The summed E-state index contributed by atoms with van der Waals surface area (Å²) in [6.07, 6.45) is -2.98. The van der Waals surface area contributed by atoms with Gasteiger partial charge in [0.05, 0.1) is 12.7 Å². The second kappa shape index (κ2) is 11.7. The van der Waals surface area contributed by atoms with Crippen LogP contribution in [0, 0.1) is 5.82 Å². The summed E-state index contributed by atoms with van der Waals surface area (Å²) in [5.41, 5.74) is 0.694. The highest BCUT2D eigenvalue weighted by Gasteiger charge is 2.33. The molecule has 0 spiro atoms. The standard InChI is InChI=1S/C17H11ClF4N2S.C2H6.CH3F/c18-11-3-1-2-10(6-11)16-8-13(9-23-16)25-24-12-4-5-14(15(19)7-12)17(20,21)22;2*1-2/h1-9,23-24H;1-2H3;1H3. The lowest BCUT2D eigenvalue weighted by Crippen LogP contribution is -2.08. The molecule has 2 N–H and O–H groups in total. The molecule has 0 amide bonds. The number of aromatic nitrogens is 1. The van der Waals surface area contributed by atoms with Gasteiger partial charge < -0.3 is 9.71 Å². The van der Waals surface area contributed by atoms with Crippen molar-refractivity contribution < 1.29 is 22.0 Å². The molecule has 0 saturated heterocycles. The SMILES string of the molecule is CC.CF.Fc1cc(NSc2c[nH]c(-c3cccc(Cl)c3)c2)ccc1C(F)(F)F. The summed E-state index contributed by atoms with van der Waals surface area (Å²) >= 11 is 7.11. The molecule has 0 aliphatic heterocycles. The van der Waals surface area contributed by atoms with Gasteiger partial charge in [0.15, 0.2) is 0 Å². The Bertz CT molecular complexity index is 897. The largest absolute Gasteiger partial charge is 0.419 e. The molecular weight excluding hydrogens is 431 g/mol. The third-order valence-electron chi connectivity index (χ3n) is 3.35. The van der Waals surface area contributed by atoms with Gasteiger partial charge >= 0.3 is 6.18 Å². The van der Waals surface area contributed by atoms with E-state index in [9.17, 15) is 22.0 Å². The monoisotopic (exact) mass is 450 g/mol. The number of anilines is 1. The van der Waals surface area contributed by atoms with Gasteiger partial charge in [-0.15, -0.1) is 0 Å². The topological polar surface area (TPSA) is 27.8 Å². The second-order valence-electron chi connectivity index (χ2n) is 5.16. The maximum Gasteiger partial charge on any atom is 0.419 e. The molecule has 0 radical (unpaired) electrons. The number of rotatable bonds is 4. The molecule has 2 aromatic carbocycles. The van der Waals surface area contributed by atoms with Crippen molar-refractivity contribution in [3.63, 3.8) is 0 Å². The van der Waals surface area contributed by atoms with E-state index in [2.05, 4.69) is 9.71 Å². The number of hydrogen-bond donors (Lipinski definition) is 2. The Morgan fingerprint density at radius 1 is 1.00 bits per heavy atom. The Balaban J connectivity index is 0.000000989. The first-order chi connectivity index (χ1) is 13.8. The van der Waals surface area contributed by atoms with Gasteiger partial charge in [0, 0.05) is 27.5 Å². The number of halogens is 6. The zero-order valence-corrected chi connectivity index (χ0v) is 17.4. The Morgan fingerprint density at radius 2 is 1.69 bits per heavy atom. The van der Waals surface area contributed by atoms with E-state index in [0.717, 1.165) is 34.2 Å². The molecule has 0 fully saturated rings. The lowest BCUT2D eigenvalue weighted by Gasteiger charge is -2.10. The summed E-state index contributed by atoms with van der Waals surface area (Å²) in [5, 5.41) is 0.611. The highest BCUT2D eigenvalue weighted by Crippen LogP contribution is 2.33. The quantitative estimate of drug-likeness (QED) is 0.309. The number of aromatic amines is 1. The predicted molar refractivity (Wildman–Crippen MR) is 111 cm³/mol. The summed E-state index contributed by atoms with van der Waals surface area (Å²) < 4.78 is 63.5. The fourth-order valence-corrected chi connectivity index (χ4v) is 3.03. The molecule has 0 saturated carbocycles. The highest BCUT2D eigenvalue weighted by atomic mass is 35.5. The van der Waals surface area contributed by atoms with Crippen LogP contribution in [0.15, 0.2) is 59.6 Å². The predicted octanol–water partition coefficient (Wildman–Crippen LogP) is 8.22. The van der Waals surface area contributed by atoms with Gasteiger partial charge in [-0.05, 0) is 53.9 Å². The molecule has 3 rings (SSSR count). The highest BCUT2D eigenvalue weighted by molar-refractivity contribution is 8.00. The maximum absolute atomic E-state index is 13.5. The summed E-state index contributed by atoms with van der Waals surface area (Å²) in [4.78, 5) is 3.87. The summed E-state index contributed by atoms with van der Waals surface area (Å²) in [7, 11) is 0.500. The third kappa shape index (κ3) is 7.29. The molecule has 0 unspecified atom stereocenters. The molecule has 0 aliphatic rings. The zero-order valence-electron chi connectivity index (χ0n) is 15.9. The Hall–Kier alpha value is -2.19. The van der Waals surface area contributed by atoms with E-state index in [1.807, 2.05) is 32.0 Å². The summed E-state index contributed by atoms with van der Waals surface area (Å²) in [5.74, 6) is -1.31. The van der Waals surface area contributed by atoms with Gasteiger partial charge in [-0.25, -0.2) is 4.39 Å². The van der Waals surface area contributed by atoms with Gasteiger partial charge in [-0.1, -0.05) is 37.6 Å². The number of H-pyrrole nitrogens is 1. The van der Waals surface area contributed by atoms with Gasteiger partial charge in [0.25, 0.3) is 0 Å². The zero-order chi connectivity index (χ0) is 22.0. The average molecular weight is 451 g/mol. The normalized spacial score (nSPS) is 10.4. The van der Waals surface area contributed by atoms with Crippen LogP contribution in [-0.2, 0) is 6.18 Å². The Morgan fingerprint density at radius 3 is 2.28 bits per heavy atom. The van der Waals surface area contributed by atoms with E-state index in [-0.39, 0.29) is 5.69 Å². The first-order valence-electron chi connectivity index (χ1n) is 8.45. The first kappa shape index (κ1) is 24.8. The molecule has 1 aromatic heterocycles. The number of hydrogen-bond acceptors (Lipinski definition) is 2. The minimum absolute atomic E-state index is 0.237. The van der Waals surface area contributed by atoms with Crippen molar-refractivity contribution in [1.82, 2.24) is 4.98 Å². The van der Waals surface area contributed by atoms with Crippen LogP contribution in [0.3, 0.4) is 0 Å². The molecule has 9 heteroatoms. The van der Waals surface area contributed by atoms with Crippen molar-refractivity contribution in [3.05, 3.63) is 71.1 Å². The van der Waals surface area contributed by atoms with E-state index in [1.54, 1.807) is 18.3 Å². The Labute approximate surface area is 175 Å². The van der Waals surface area contributed by atoms with Crippen molar-refractivity contribution in [1.29, 1.82) is 0 Å². The average Bonchev–Trinajstić information content (AvgIpc) is 3.18. The van der Waals surface area contributed by atoms with E-state index >= 15 is 0 Å². The lowest BCUT2D eigenvalue weighted by atomic mass is 10.2. The van der Waals surface area contributed by atoms with Crippen molar-refractivity contribution in [2.45, 2.75) is 24.9 Å². The van der Waals surface area contributed by atoms with Crippen LogP contribution < -0.4 is 4.72 Å². The minimum atomic E-state index is -4.71. The van der Waals surface area contributed by atoms with Crippen LogP contribution in [0.5, 0.6) is 0 Å². The molecule has 0 bridgehead atoms. The van der Waals surface area contributed by atoms with E-state index < -0.39 is 17.6 Å². The van der Waals surface area contributed by atoms with Gasteiger partial charge in [0.2, 0.25) is 0 Å². The van der Waals surface area contributed by atoms with Crippen LogP contribution in [-0.4, -0.2) is 12.2 Å². The van der Waals surface area contributed by atoms with Crippen LogP contribution in [0.2, 0.25) is 5.02 Å². The number of nitrogens with one attached hydrogen (secondary N) is 2.